The Morgan fingerprint density at radius 3 is 2.55 bits per heavy atom. The predicted molar refractivity (Wildman–Crippen MR) is 116 cm³/mol. The fourth-order valence-corrected chi connectivity index (χ4v) is 2.95. The van der Waals surface area contributed by atoms with E-state index in [-0.39, 0.29) is 18.4 Å². The van der Waals surface area contributed by atoms with Gasteiger partial charge in [-0.3, -0.25) is 9.59 Å². The minimum atomic E-state index is -0.602. The first-order valence-corrected chi connectivity index (χ1v) is 10.3. The van der Waals surface area contributed by atoms with Gasteiger partial charge >= 0.3 is 0 Å². The summed E-state index contributed by atoms with van der Waals surface area (Å²) in [7, 11) is 0. The van der Waals surface area contributed by atoms with Crippen LogP contribution in [0.15, 0.2) is 48.5 Å². The Hall–Kier alpha value is -2.53. The summed E-state index contributed by atoms with van der Waals surface area (Å²) in [5, 5.41) is 3.55. The highest BCUT2D eigenvalue weighted by Crippen LogP contribution is 2.21. The van der Waals surface area contributed by atoms with Gasteiger partial charge in [0.25, 0.3) is 5.91 Å². The molecule has 0 spiro atoms. The lowest BCUT2D eigenvalue weighted by Gasteiger charge is -2.28. The molecule has 6 heteroatoms. The van der Waals surface area contributed by atoms with Gasteiger partial charge in [0.15, 0.2) is 6.61 Å². The van der Waals surface area contributed by atoms with Crippen LogP contribution in [0.25, 0.3) is 0 Å². The summed E-state index contributed by atoms with van der Waals surface area (Å²) in [5.41, 5.74) is 1.83. The molecular weight excluding hydrogens is 388 g/mol. The number of carbonyl (C=O) groups excluding carboxylic acids is 2. The SMILES string of the molecule is CCCCNC(=O)[C@@H](C)N(Cc1ccccc1)C(=O)COc1ccc(Cl)c(C)c1. The molecule has 156 valence electrons. The van der Waals surface area contributed by atoms with Gasteiger partial charge in [-0.2, -0.15) is 0 Å². The lowest BCUT2D eigenvalue weighted by atomic mass is 10.1. The van der Waals surface area contributed by atoms with Crippen molar-refractivity contribution in [3.05, 3.63) is 64.7 Å². The van der Waals surface area contributed by atoms with Gasteiger partial charge in [0.1, 0.15) is 11.8 Å². The molecule has 2 amide bonds. The third kappa shape index (κ3) is 7.09. The van der Waals surface area contributed by atoms with E-state index in [1.54, 1.807) is 30.0 Å². The van der Waals surface area contributed by atoms with Crippen LogP contribution in [0, 0.1) is 6.92 Å². The summed E-state index contributed by atoms with van der Waals surface area (Å²) in [6, 6.07) is 14.3. The maximum absolute atomic E-state index is 12.9. The number of ether oxygens (including phenoxy) is 1. The quantitative estimate of drug-likeness (QED) is 0.585. The molecule has 0 aromatic heterocycles. The van der Waals surface area contributed by atoms with Crippen LogP contribution in [-0.4, -0.2) is 35.9 Å². The number of halogens is 1. The summed E-state index contributed by atoms with van der Waals surface area (Å²) in [6.45, 7) is 6.48. The number of benzene rings is 2. The smallest absolute Gasteiger partial charge is 0.261 e. The number of carbonyl (C=O) groups is 2. The third-order valence-electron chi connectivity index (χ3n) is 4.68. The monoisotopic (exact) mass is 416 g/mol. The Morgan fingerprint density at radius 2 is 1.90 bits per heavy atom. The number of nitrogens with zero attached hydrogens (tertiary/aromatic N) is 1. The number of unbranched alkanes of at least 4 members (excludes halogenated alkanes) is 1. The molecule has 0 radical (unpaired) electrons. The normalized spacial score (nSPS) is 11.6. The van der Waals surface area contributed by atoms with Gasteiger partial charge in [-0.15, -0.1) is 0 Å². The Morgan fingerprint density at radius 1 is 1.17 bits per heavy atom. The van der Waals surface area contributed by atoms with Crippen LogP contribution in [0.3, 0.4) is 0 Å². The fourth-order valence-electron chi connectivity index (χ4n) is 2.83. The molecule has 0 heterocycles. The summed E-state index contributed by atoms with van der Waals surface area (Å²) in [5.74, 6) is 0.157. The summed E-state index contributed by atoms with van der Waals surface area (Å²) in [6.07, 6.45) is 1.90. The van der Waals surface area contributed by atoms with Crippen molar-refractivity contribution in [3.63, 3.8) is 0 Å². The summed E-state index contributed by atoms with van der Waals surface area (Å²) < 4.78 is 5.67. The number of hydrogen-bond acceptors (Lipinski definition) is 3. The standard InChI is InChI=1S/C23H29ClN2O3/c1-4-5-13-25-23(28)18(3)26(15-19-9-7-6-8-10-19)22(27)16-29-20-11-12-21(24)17(2)14-20/h6-12,14,18H,4-5,13,15-16H2,1-3H3,(H,25,28)/t18-/m1/s1. The lowest BCUT2D eigenvalue weighted by molar-refractivity contribution is -0.142. The van der Waals surface area contributed by atoms with Crippen molar-refractivity contribution < 1.29 is 14.3 Å². The van der Waals surface area contributed by atoms with Crippen molar-refractivity contribution in [3.8, 4) is 5.75 Å². The van der Waals surface area contributed by atoms with Gasteiger partial charge in [-0.05, 0) is 49.6 Å². The fraction of sp³-hybridized carbons (Fsp3) is 0.391. The number of nitrogens with one attached hydrogen (secondary N) is 1. The van der Waals surface area contributed by atoms with Crippen LogP contribution < -0.4 is 10.1 Å². The van der Waals surface area contributed by atoms with Crippen molar-refractivity contribution >= 4 is 23.4 Å². The molecule has 0 saturated carbocycles. The van der Waals surface area contributed by atoms with Crippen molar-refractivity contribution in [2.45, 2.75) is 46.2 Å². The first-order chi connectivity index (χ1) is 13.9. The second-order valence-electron chi connectivity index (χ2n) is 7.03. The molecule has 0 saturated heterocycles. The molecule has 1 N–H and O–H groups in total. The molecule has 0 bridgehead atoms. The first kappa shape index (κ1) is 22.8. The van der Waals surface area contributed by atoms with E-state index >= 15 is 0 Å². The highest BCUT2D eigenvalue weighted by atomic mass is 35.5. The van der Waals surface area contributed by atoms with Gasteiger partial charge in [0.05, 0.1) is 0 Å². The van der Waals surface area contributed by atoms with Gasteiger partial charge in [0.2, 0.25) is 5.91 Å². The predicted octanol–water partition coefficient (Wildman–Crippen LogP) is 4.36. The third-order valence-corrected chi connectivity index (χ3v) is 5.11. The van der Waals surface area contributed by atoms with Crippen LogP contribution >= 0.6 is 11.6 Å². The summed E-state index contributed by atoms with van der Waals surface area (Å²) in [4.78, 5) is 27.0. The van der Waals surface area contributed by atoms with Crippen LogP contribution in [0.4, 0.5) is 0 Å². The molecular formula is C23H29ClN2O3. The molecule has 0 aliphatic rings. The van der Waals surface area contributed by atoms with E-state index in [9.17, 15) is 9.59 Å². The van der Waals surface area contributed by atoms with Crippen molar-refractivity contribution in [1.82, 2.24) is 10.2 Å². The molecule has 0 fully saturated rings. The average Bonchev–Trinajstić information content (AvgIpc) is 2.73. The molecule has 0 unspecified atom stereocenters. The first-order valence-electron chi connectivity index (χ1n) is 9.92. The number of amides is 2. The van der Waals surface area contributed by atoms with Gasteiger partial charge in [-0.1, -0.05) is 55.3 Å². The van der Waals surface area contributed by atoms with Gasteiger partial charge in [-0.25, -0.2) is 0 Å². The van der Waals surface area contributed by atoms with E-state index in [2.05, 4.69) is 12.2 Å². The van der Waals surface area contributed by atoms with E-state index in [1.807, 2.05) is 37.3 Å². The molecule has 2 aromatic rings. The van der Waals surface area contributed by atoms with Crippen LogP contribution in [-0.2, 0) is 16.1 Å². The Kier molecular flexibility index (Phi) is 9.00. The molecule has 1 atom stereocenters. The molecule has 0 aliphatic heterocycles. The van der Waals surface area contributed by atoms with Crippen LogP contribution in [0.1, 0.15) is 37.8 Å². The highest BCUT2D eigenvalue weighted by molar-refractivity contribution is 6.31. The van der Waals surface area contributed by atoms with Crippen LogP contribution in [0.5, 0.6) is 5.75 Å². The zero-order valence-corrected chi connectivity index (χ0v) is 18.0. The van der Waals surface area contributed by atoms with E-state index in [1.165, 1.54) is 0 Å². The largest absolute Gasteiger partial charge is 0.484 e. The minimum Gasteiger partial charge on any atom is -0.484 e. The maximum Gasteiger partial charge on any atom is 0.261 e. The highest BCUT2D eigenvalue weighted by Gasteiger charge is 2.26. The molecule has 29 heavy (non-hydrogen) atoms. The zero-order valence-electron chi connectivity index (χ0n) is 17.3. The van der Waals surface area contributed by atoms with E-state index in [4.69, 9.17) is 16.3 Å². The number of aryl methyl sites for hydroxylation is 1. The van der Waals surface area contributed by atoms with E-state index in [0.717, 1.165) is 24.0 Å². The average molecular weight is 417 g/mol. The number of hydrogen-bond donors (Lipinski definition) is 1. The Balaban J connectivity index is 2.08. The zero-order chi connectivity index (χ0) is 21.2. The maximum atomic E-state index is 12.9. The van der Waals surface area contributed by atoms with Gasteiger partial charge in [0, 0.05) is 18.1 Å². The topological polar surface area (TPSA) is 58.6 Å². The molecule has 2 aromatic carbocycles. The van der Waals surface area contributed by atoms with Crippen molar-refractivity contribution in [2.24, 2.45) is 0 Å². The molecule has 0 aliphatic carbocycles. The van der Waals surface area contributed by atoms with Gasteiger partial charge < -0.3 is 15.0 Å². The Bertz CT molecular complexity index is 811. The minimum absolute atomic E-state index is 0.152. The van der Waals surface area contributed by atoms with E-state index < -0.39 is 6.04 Å². The van der Waals surface area contributed by atoms with Crippen molar-refractivity contribution in [2.75, 3.05) is 13.2 Å². The number of rotatable bonds is 10. The molecule has 5 nitrogen and oxygen atoms in total. The summed E-state index contributed by atoms with van der Waals surface area (Å²) >= 11 is 6.04. The molecule has 2 rings (SSSR count). The lowest BCUT2D eigenvalue weighted by Crippen LogP contribution is -2.49. The Labute approximate surface area is 178 Å². The second-order valence-corrected chi connectivity index (χ2v) is 7.43. The van der Waals surface area contributed by atoms with Crippen molar-refractivity contribution in [1.29, 1.82) is 0 Å². The van der Waals surface area contributed by atoms with Crippen LogP contribution in [0.2, 0.25) is 5.02 Å². The second kappa shape index (κ2) is 11.5. The van der Waals surface area contributed by atoms with E-state index in [0.29, 0.717) is 23.9 Å².